The second kappa shape index (κ2) is 6.08. The van der Waals surface area contributed by atoms with E-state index in [4.69, 9.17) is 5.73 Å². The van der Waals surface area contributed by atoms with Crippen LogP contribution < -0.4 is 5.73 Å². The summed E-state index contributed by atoms with van der Waals surface area (Å²) in [6.07, 6.45) is 0. The smallest absolute Gasteiger partial charge is 0.123 e. The summed E-state index contributed by atoms with van der Waals surface area (Å²) >= 11 is 0. The molecule has 0 heterocycles. The summed E-state index contributed by atoms with van der Waals surface area (Å²) in [7, 11) is -1.17. The zero-order valence-corrected chi connectivity index (χ0v) is 11.5. The molecule has 2 N–H and O–H groups in total. The molecule has 0 radical (unpaired) electrons. The fraction of sp³-hybridized carbons (Fsp3) is 0.200. The molecule has 0 saturated carbocycles. The lowest BCUT2D eigenvalue weighted by molar-refractivity contribution is 0.623. The summed E-state index contributed by atoms with van der Waals surface area (Å²) in [5, 5.41) is 0. The first-order valence-corrected chi connectivity index (χ1v) is 7.34. The monoisotopic (exact) mass is 277 g/mol. The molecule has 4 heteroatoms. The van der Waals surface area contributed by atoms with E-state index in [-0.39, 0.29) is 12.4 Å². The lowest BCUT2D eigenvalue weighted by atomic mass is 10.1. The Labute approximate surface area is 114 Å². The van der Waals surface area contributed by atoms with Crippen molar-refractivity contribution in [3.8, 4) is 0 Å². The average molecular weight is 277 g/mol. The van der Waals surface area contributed by atoms with Crippen molar-refractivity contribution in [1.82, 2.24) is 0 Å². The molecular formula is C15H16FNOS. The van der Waals surface area contributed by atoms with Crippen LogP contribution in [0.4, 0.5) is 4.39 Å². The van der Waals surface area contributed by atoms with Gasteiger partial charge < -0.3 is 5.73 Å². The Hall–Kier alpha value is -1.52. The molecule has 0 bridgehead atoms. The maximum absolute atomic E-state index is 13.4. The highest BCUT2D eigenvalue weighted by Gasteiger charge is 2.09. The highest BCUT2D eigenvalue weighted by Crippen LogP contribution is 2.18. The largest absolute Gasteiger partial charge is 0.326 e. The molecule has 0 aliphatic rings. The van der Waals surface area contributed by atoms with E-state index in [1.54, 1.807) is 6.07 Å². The molecule has 100 valence electrons. The summed E-state index contributed by atoms with van der Waals surface area (Å²) in [5.41, 5.74) is 7.92. The predicted molar refractivity (Wildman–Crippen MR) is 75.6 cm³/mol. The first-order valence-electron chi connectivity index (χ1n) is 6.02. The van der Waals surface area contributed by atoms with E-state index < -0.39 is 10.8 Å². The molecule has 0 aromatic heterocycles. The highest BCUT2D eigenvalue weighted by molar-refractivity contribution is 7.84. The van der Waals surface area contributed by atoms with Gasteiger partial charge in [0, 0.05) is 11.4 Å². The highest BCUT2D eigenvalue weighted by atomic mass is 32.2. The van der Waals surface area contributed by atoms with E-state index in [0.29, 0.717) is 11.3 Å². The quantitative estimate of drug-likeness (QED) is 0.933. The third-order valence-electron chi connectivity index (χ3n) is 2.89. The normalized spacial score (nSPS) is 12.4. The van der Waals surface area contributed by atoms with E-state index in [0.717, 1.165) is 16.0 Å². The van der Waals surface area contributed by atoms with Crippen LogP contribution in [0.25, 0.3) is 0 Å². The van der Waals surface area contributed by atoms with Crippen molar-refractivity contribution in [2.24, 2.45) is 5.73 Å². The van der Waals surface area contributed by atoms with Crippen molar-refractivity contribution in [3.63, 3.8) is 0 Å². The first kappa shape index (κ1) is 13.9. The Balaban J connectivity index is 2.24. The molecule has 0 saturated heterocycles. The lowest BCUT2D eigenvalue weighted by Gasteiger charge is -2.07. The minimum absolute atomic E-state index is 0.280. The molecule has 2 nitrogen and oxygen atoms in total. The second-order valence-electron chi connectivity index (χ2n) is 4.43. The summed E-state index contributed by atoms with van der Waals surface area (Å²) in [4.78, 5) is 0.793. The second-order valence-corrected chi connectivity index (χ2v) is 5.85. The number of hydrogen-bond acceptors (Lipinski definition) is 2. The summed E-state index contributed by atoms with van der Waals surface area (Å²) < 4.78 is 25.7. The maximum Gasteiger partial charge on any atom is 0.123 e. The maximum atomic E-state index is 13.4. The number of aryl methyl sites for hydroxylation is 1. The minimum atomic E-state index is -1.17. The molecule has 19 heavy (non-hydrogen) atoms. The molecule has 0 amide bonds. The molecule has 1 atom stereocenters. The molecule has 0 fully saturated rings. The third-order valence-corrected chi connectivity index (χ3v) is 4.43. The van der Waals surface area contributed by atoms with Crippen LogP contribution in [0.1, 0.15) is 16.7 Å². The van der Waals surface area contributed by atoms with E-state index in [1.165, 1.54) is 12.1 Å². The van der Waals surface area contributed by atoms with Crippen molar-refractivity contribution in [2.45, 2.75) is 24.1 Å². The van der Waals surface area contributed by atoms with Gasteiger partial charge in [-0.3, -0.25) is 4.21 Å². The molecule has 2 aromatic rings. The first-order chi connectivity index (χ1) is 9.10. The van der Waals surface area contributed by atoms with Crippen molar-refractivity contribution >= 4 is 10.8 Å². The van der Waals surface area contributed by atoms with Crippen LogP contribution in [-0.4, -0.2) is 4.21 Å². The Morgan fingerprint density at radius 3 is 2.53 bits per heavy atom. The van der Waals surface area contributed by atoms with Gasteiger partial charge >= 0.3 is 0 Å². The molecule has 0 aliphatic carbocycles. The number of benzene rings is 2. The van der Waals surface area contributed by atoms with E-state index >= 15 is 0 Å². The topological polar surface area (TPSA) is 43.1 Å². The number of hydrogen-bond donors (Lipinski definition) is 1. The van der Waals surface area contributed by atoms with Crippen LogP contribution in [0.3, 0.4) is 0 Å². The van der Waals surface area contributed by atoms with Crippen LogP contribution in [0, 0.1) is 12.7 Å². The van der Waals surface area contributed by atoms with Gasteiger partial charge in [-0.05, 0) is 41.8 Å². The molecular weight excluding hydrogens is 261 g/mol. The predicted octanol–water partition coefficient (Wildman–Crippen LogP) is 2.90. The standard InChI is InChI=1S/C15H16FNOS/c1-11-4-2-3-5-15(11)19(18)10-13-6-12(9-17)7-14(16)8-13/h2-8H,9-10,17H2,1H3. The lowest BCUT2D eigenvalue weighted by Crippen LogP contribution is -2.02. The number of rotatable bonds is 4. The van der Waals surface area contributed by atoms with Crippen LogP contribution in [0.5, 0.6) is 0 Å². The van der Waals surface area contributed by atoms with Crippen molar-refractivity contribution in [3.05, 3.63) is 65.0 Å². The van der Waals surface area contributed by atoms with E-state index in [2.05, 4.69) is 0 Å². The van der Waals surface area contributed by atoms with Gasteiger partial charge in [-0.1, -0.05) is 24.3 Å². The van der Waals surface area contributed by atoms with Gasteiger partial charge in [0.2, 0.25) is 0 Å². The van der Waals surface area contributed by atoms with E-state index in [9.17, 15) is 8.60 Å². The van der Waals surface area contributed by atoms with Gasteiger partial charge in [-0.15, -0.1) is 0 Å². The number of nitrogens with two attached hydrogens (primary N) is 1. The van der Waals surface area contributed by atoms with Crippen molar-refractivity contribution in [2.75, 3.05) is 0 Å². The molecule has 2 rings (SSSR count). The van der Waals surface area contributed by atoms with E-state index in [1.807, 2.05) is 31.2 Å². The Bertz CT molecular complexity index is 613. The van der Waals surface area contributed by atoms with Crippen molar-refractivity contribution in [1.29, 1.82) is 0 Å². The van der Waals surface area contributed by atoms with Crippen LogP contribution >= 0.6 is 0 Å². The van der Waals surface area contributed by atoms with Crippen LogP contribution in [0.15, 0.2) is 47.4 Å². The third kappa shape index (κ3) is 3.49. The minimum Gasteiger partial charge on any atom is -0.326 e. The average Bonchev–Trinajstić information content (AvgIpc) is 2.38. The van der Waals surface area contributed by atoms with Crippen molar-refractivity contribution < 1.29 is 8.60 Å². The molecule has 1 unspecified atom stereocenters. The van der Waals surface area contributed by atoms with Gasteiger partial charge in [0.05, 0.1) is 16.6 Å². The van der Waals surface area contributed by atoms with Gasteiger partial charge in [-0.25, -0.2) is 4.39 Å². The summed E-state index contributed by atoms with van der Waals surface area (Å²) in [6.45, 7) is 2.20. The molecule has 0 spiro atoms. The molecule has 2 aromatic carbocycles. The number of halogens is 1. The summed E-state index contributed by atoms with van der Waals surface area (Å²) in [6, 6.07) is 12.1. The summed E-state index contributed by atoms with van der Waals surface area (Å²) in [5.74, 6) is -0.0324. The molecule has 0 aliphatic heterocycles. The Morgan fingerprint density at radius 1 is 1.16 bits per heavy atom. The fourth-order valence-electron chi connectivity index (χ4n) is 1.96. The zero-order valence-electron chi connectivity index (χ0n) is 10.7. The van der Waals surface area contributed by atoms with Crippen LogP contribution in [-0.2, 0) is 23.1 Å². The van der Waals surface area contributed by atoms with Gasteiger partial charge in [0.15, 0.2) is 0 Å². The fourth-order valence-corrected chi connectivity index (χ4v) is 3.24. The van der Waals surface area contributed by atoms with Gasteiger partial charge in [-0.2, -0.15) is 0 Å². The Morgan fingerprint density at radius 2 is 1.84 bits per heavy atom. The zero-order chi connectivity index (χ0) is 13.8. The van der Waals surface area contributed by atoms with Gasteiger partial charge in [0.25, 0.3) is 0 Å². The SMILES string of the molecule is Cc1ccccc1S(=O)Cc1cc(F)cc(CN)c1. The van der Waals surface area contributed by atoms with Crippen LogP contribution in [0.2, 0.25) is 0 Å². The van der Waals surface area contributed by atoms with Gasteiger partial charge in [0.1, 0.15) is 5.82 Å². The Kier molecular flexibility index (Phi) is 4.45.